The van der Waals surface area contributed by atoms with Crippen molar-refractivity contribution in [2.45, 2.75) is 88.3 Å². The minimum atomic E-state index is -4.91. The average molecular weight is 648 g/mol. The maximum atomic E-state index is 14.5. The van der Waals surface area contributed by atoms with Crippen LogP contribution in [-0.2, 0) is 11.2 Å². The molecule has 4 unspecified atom stereocenters. The van der Waals surface area contributed by atoms with Crippen LogP contribution in [0.25, 0.3) is 10.4 Å². The van der Waals surface area contributed by atoms with Crippen LogP contribution < -0.4 is 9.47 Å². The summed E-state index contributed by atoms with van der Waals surface area (Å²) < 4.78 is 52.1. The summed E-state index contributed by atoms with van der Waals surface area (Å²) in [7, 11) is 0. The average Bonchev–Trinajstić information content (AvgIpc) is 3.82. The minimum absolute atomic E-state index is 0.00450. The number of carbonyl (C=O) groups is 1. The van der Waals surface area contributed by atoms with Crippen molar-refractivity contribution in [3.63, 3.8) is 0 Å². The van der Waals surface area contributed by atoms with Crippen molar-refractivity contribution in [3.05, 3.63) is 82.3 Å². The molecule has 3 fully saturated rings. The van der Waals surface area contributed by atoms with E-state index in [4.69, 9.17) is 10.3 Å². The van der Waals surface area contributed by atoms with E-state index in [-0.39, 0.29) is 43.2 Å². The molecule has 47 heavy (non-hydrogen) atoms. The van der Waals surface area contributed by atoms with E-state index in [9.17, 15) is 18.0 Å². The van der Waals surface area contributed by atoms with Crippen LogP contribution in [-0.4, -0.2) is 57.5 Å². The molecule has 0 bridgehead atoms. The summed E-state index contributed by atoms with van der Waals surface area (Å²) in [5.74, 6) is 6.22. The van der Waals surface area contributed by atoms with Gasteiger partial charge in [0.25, 0.3) is 0 Å². The van der Waals surface area contributed by atoms with Crippen LogP contribution in [0.1, 0.15) is 80.3 Å². The monoisotopic (exact) mass is 647 g/mol. The Morgan fingerprint density at radius 3 is 2.60 bits per heavy atom. The summed E-state index contributed by atoms with van der Waals surface area (Å²) in [5.41, 5.74) is 9.02. The number of azide groups is 1. The molecule has 246 valence electrons. The Balaban J connectivity index is 1.41. The Morgan fingerprint density at radius 2 is 1.87 bits per heavy atom. The van der Waals surface area contributed by atoms with E-state index in [1.165, 1.54) is 18.5 Å². The first-order chi connectivity index (χ1) is 22.8. The Bertz CT molecular complexity index is 1640. The second kappa shape index (κ2) is 14.1. The number of H-pyrrole nitrogens is 1. The summed E-state index contributed by atoms with van der Waals surface area (Å²) in [6, 6.07) is 13.8. The molecule has 4 atom stereocenters. The smallest absolute Gasteiger partial charge is 0.490 e. The van der Waals surface area contributed by atoms with Crippen LogP contribution in [0.4, 0.5) is 13.2 Å². The van der Waals surface area contributed by atoms with Crippen LogP contribution in [0.15, 0.2) is 60.0 Å². The van der Waals surface area contributed by atoms with Gasteiger partial charge in [-0.2, -0.15) is 5.10 Å². The van der Waals surface area contributed by atoms with Gasteiger partial charge in [-0.15, -0.1) is 13.2 Å². The van der Waals surface area contributed by atoms with Crippen LogP contribution in [0.2, 0.25) is 0 Å². The highest BCUT2D eigenvalue weighted by Crippen LogP contribution is 2.60. The fourth-order valence-corrected chi connectivity index (χ4v) is 7.85. The molecule has 3 aromatic rings. The molecule has 2 aromatic carbocycles. The number of carbonyl (C=O) groups excluding carboxylic acids is 1. The molecule has 2 aliphatic carbocycles. The van der Waals surface area contributed by atoms with Gasteiger partial charge in [-0.3, -0.25) is 14.8 Å². The maximum Gasteiger partial charge on any atom is 0.573 e. The predicted molar refractivity (Wildman–Crippen MR) is 166 cm³/mol. The molecular weight excluding hydrogens is 611 g/mol. The number of alkyl halides is 3. The highest BCUT2D eigenvalue weighted by Gasteiger charge is 2.58. The largest absolute Gasteiger partial charge is 0.573 e. The quantitative estimate of drug-likeness (QED) is 0.113. The third kappa shape index (κ3) is 7.24. The summed E-state index contributed by atoms with van der Waals surface area (Å²) in [6.07, 6.45) is 2.20. The molecule has 1 spiro atoms. The predicted octanol–water partition coefficient (Wildman–Crippen LogP) is 7.22. The summed E-state index contributed by atoms with van der Waals surface area (Å²) in [6.45, 7) is 0.293. The second-order valence-electron chi connectivity index (χ2n) is 12.5. The van der Waals surface area contributed by atoms with E-state index in [1.54, 1.807) is 6.07 Å². The fourth-order valence-electron chi connectivity index (χ4n) is 7.85. The number of hydrogen-bond donors (Lipinski definition) is 1. The summed E-state index contributed by atoms with van der Waals surface area (Å²) in [5, 5.41) is 10.5. The van der Waals surface area contributed by atoms with E-state index in [2.05, 4.69) is 46.7 Å². The van der Waals surface area contributed by atoms with Crippen molar-refractivity contribution in [2.75, 3.05) is 13.1 Å². The van der Waals surface area contributed by atoms with E-state index in [0.717, 1.165) is 31.2 Å². The summed E-state index contributed by atoms with van der Waals surface area (Å²) >= 11 is 0. The number of ether oxygens (including phenoxy) is 2. The van der Waals surface area contributed by atoms with E-state index in [1.807, 2.05) is 30.3 Å². The number of likely N-dealkylation sites (tertiary alicyclic amines) is 1. The number of benzene rings is 2. The van der Waals surface area contributed by atoms with Crippen LogP contribution in [0, 0.1) is 17.3 Å². The highest BCUT2D eigenvalue weighted by molar-refractivity contribution is 5.89. The van der Waals surface area contributed by atoms with Gasteiger partial charge in [0, 0.05) is 40.8 Å². The summed E-state index contributed by atoms with van der Waals surface area (Å²) in [4.78, 5) is 23.8. The van der Waals surface area contributed by atoms with Crippen LogP contribution in [0.5, 0.6) is 11.5 Å². The fraction of sp³-hybridized carbons (Fsp3) is 0.500. The number of aromatic nitrogens is 3. The van der Waals surface area contributed by atoms with Crippen LogP contribution in [0.3, 0.4) is 0 Å². The molecule has 2 heterocycles. The molecule has 6 rings (SSSR count). The van der Waals surface area contributed by atoms with Gasteiger partial charge in [0.1, 0.15) is 29.4 Å². The molecule has 3 aliphatic rings. The molecule has 1 saturated heterocycles. The second-order valence-corrected chi connectivity index (χ2v) is 12.5. The first-order valence-corrected chi connectivity index (χ1v) is 16.0. The third-order valence-electron chi connectivity index (χ3n) is 9.71. The molecule has 10 nitrogen and oxygen atoms in total. The first-order valence-electron chi connectivity index (χ1n) is 16.0. The van der Waals surface area contributed by atoms with Crippen molar-refractivity contribution >= 4 is 5.78 Å². The van der Waals surface area contributed by atoms with Crippen molar-refractivity contribution < 1.29 is 27.4 Å². The Kier molecular flexibility index (Phi) is 9.71. The van der Waals surface area contributed by atoms with Crippen molar-refractivity contribution in [1.29, 1.82) is 0 Å². The van der Waals surface area contributed by atoms with Crippen molar-refractivity contribution in [1.82, 2.24) is 20.1 Å². The Hall–Kier alpha value is -4.53. The van der Waals surface area contributed by atoms with E-state index in [0.29, 0.717) is 42.8 Å². The zero-order chi connectivity index (χ0) is 32.9. The molecule has 0 amide bonds. The van der Waals surface area contributed by atoms with Gasteiger partial charge in [0.2, 0.25) is 0 Å². The standard InChI is InChI=1S/C34H36F3N7O3/c35-34(36,37)47-28-14-8-13-27(46-26-11-4-5-12-26)31(28)24-19-29(45)33(21-24)16-15-25(20-30-39-22-41-42-30)44(18-7-6-17-40-43-38)32(33)23-9-2-1-3-10-23/h1-3,8-10,13-14,22,24-26,32H,4-5,11-12,15-21H2,(H,39,41,42). The lowest BCUT2D eigenvalue weighted by atomic mass is 9.66. The number of Topliss-reactive ketones (excluding diaryl/α,β-unsaturated/α-hetero) is 1. The molecule has 1 aromatic heterocycles. The Labute approximate surface area is 270 Å². The van der Waals surface area contributed by atoms with Crippen molar-refractivity contribution in [3.8, 4) is 23.3 Å². The number of piperidine rings is 1. The SMILES string of the molecule is [N-]=[N+]=NCC#CCN1C(Cc2ncn[nH]2)CCC2(CC(c3c(OC4CCCC4)cccc3OC(F)(F)F)CC2=O)C1c1ccccc1. The van der Waals surface area contributed by atoms with Gasteiger partial charge < -0.3 is 9.47 Å². The molecule has 2 saturated carbocycles. The zero-order valence-electron chi connectivity index (χ0n) is 25.8. The number of nitrogens with zero attached hydrogens (tertiary/aromatic N) is 6. The Morgan fingerprint density at radius 1 is 1.09 bits per heavy atom. The first kappa shape index (κ1) is 32.4. The lowest BCUT2D eigenvalue weighted by Gasteiger charge is -2.51. The molecule has 1 aliphatic heterocycles. The molecular formula is C34H36F3N7O3. The number of halogens is 3. The highest BCUT2D eigenvalue weighted by atomic mass is 19.4. The maximum absolute atomic E-state index is 14.5. The zero-order valence-corrected chi connectivity index (χ0v) is 25.8. The number of nitrogens with one attached hydrogen (secondary N) is 1. The van der Waals surface area contributed by atoms with Gasteiger partial charge in [-0.05, 0) is 74.1 Å². The lowest BCUT2D eigenvalue weighted by molar-refractivity contribution is -0.275. The molecule has 1 N–H and O–H groups in total. The van der Waals surface area contributed by atoms with Crippen molar-refractivity contribution in [2.24, 2.45) is 10.5 Å². The van der Waals surface area contributed by atoms with E-state index >= 15 is 0 Å². The topological polar surface area (TPSA) is 129 Å². The normalized spacial score (nSPS) is 24.9. The number of rotatable bonds is 9. The van der Waals surface area contributed by atoms with Gasteiger partial charge >= 0.3 is 6.36 Å². The number of hydrogen-bond acceptors (Lipinski definition) is 7. The molecule has 0 radical (unpaired) electrons. The van der Waals surface area contributed by atoms with Gasteiger partial charge in [0.15, 0.2) is 0 Å². The van der Waals surface area contributed by atoms with Gasteiger partial charge in [-0.1, -0.05) is 53.4 Å². The van der Waals surface area contributed by atoms with E-state index < -0.39 is 23.7 Å². The van der Waals surface area contributed by atoms with Gasteiger partial charge in [-0.25, -0.2) is 4.98 Å². The number of aromatic amines is 1. The number of ketones is 1. The lowest BCUT2D eigenvalue weighted by Crippen LogP contribution is -2.53. The third-order valence-corrected chi connectivity index (χ3v) is 9.71. The minimum Gasteiger partial charge on any atom is -0.490 e. The van der Waals surface area contributed by atoms with Crippen LogP contribution >= 0.6 is 0 Å². The molecule has 13 heteroatoms. The van der Waals surface area contributed by atoms with Gasteiger partial charge in [0.05, 0.1) is 19.2 Å².